The minimum Gasteiger partial charge on any atom is -0.506 e. The lowest BCUT2D eigenvalue weighted by atomic mass is 9.59. The predicted molar refractivity (Wildman–Crippen MR) is 121 cm³/mol. The van der Waals surface area contributed by atoms with Crippen LogP contribution in [0.2, 0.25) is 0 Å². The molecule has 2 aliphatic carbocycles. The van der Waals surface area contributed by atoms with Crippen molar-refractivity contribution in [2.75, 3.05) is 0 Å². The second kappa shape index (κ2) is 8.10. The maximum Gasteiger partial charge on any atom is 0.147 e. The van der Waals surface area contributed by atoms with Crippen molar-refractivity contribution in [1.82, 2.24) is 0 Å². The third kappa shape index (κ3) is 4.51. The molecular weight excluding hydrogens is 532 g/mol. The van der Waals surface area contributed by atoms with Crippen molar-refractivity contribution in [3.8, 4) is 11.5 Å². The van der Waals surface area contributed by atoms with E-state index in [9.17, 15) is 29.4 Å². The van der Waals surface area contributed by atoms with Crippen LogP contribution in [0.3, 0.4) is 0 Å². The molecule has 0 saturated heterocycles. The minimum atomic E-state index is -1.21. The fraction of sp³-hybridized carbons (Fsp3) is 0.565. The van der Waals surface area contributed by atoms with E-state index in [0.717, 1.165) is 0 Å². The number of rotatable bonds is 3. The summed E-state index contributed by atoms with van der Waals surface area (Å²) < 4.78 is 0.179. The van der Waals surface area contributed by atoms with Crippen LogP contribution in [0, 0.1) is 22.7 Å². The standard InChI is InChI=1S/C23H26Br2O6/c1-22(2)6-12(26)17(13(27)7-22)16(10-5-11(24)21(31)19(25)20(10)30)18-14(28)8-23(3,4)9-15(18)29/h5,16-18,30-31H,6-9H2,1-4H3. The zero-order chi connectivity index (χ0) is 23.5. The van der Waals surface area contributed by atoms with Gasteiger partial charge in [-0.1, -0.05) is 27.7 Å². The van der Waals surface area contributed by atoms with E-state index in [-0.39, 0.29) is 74.8 Å². The molecule has 0 spiro atoms. The SMILES string of the molecule is CC1(C)CC(=O)C(C(c2cc(Br)c(O)c(Br)c2O)C2C(=O)CC(C)(C)CC2=O)C(=O)C1. The highest BCUT2D eigenvalue weighted by atomic mass is 79.9. The van der Waals surface area contributed by atoms with Gasteiger partial charge in [-0.15, -0.1) is 0 Å². The molecular formula is C23H26Br2O6. The normalized spacial score (nSPS) is 22.4. The fourth-order valence-electron chi connectivity index (χ4n) is 5.03. The highest BCUT2D eigenvalue weighted by Crippen LogP contribution is 2.52. The lowest BCUT2D eigenvalue weighted by Crippen LogP contribution is -2.48. The van der Waals surface area contributed by atoms with Crippen molar-refractivity contribution >= 4 is 55.0 Å². The summed E-state index contributed by atoms with van der Waals surface area (Å²) in [6.45, 7) is 7.33. The quantitative estimate of drug-likeness (QED) is 0.514. The summed E-state index contributed by atoms with van der Waals surface area (Å²) in [5.41, 5.74) is -0.888. The smallest absolute Gasteiger partial charge is 0.147 e. The maximum atomic E-state index is 13.2. The highest BCUT2D eigenvalue weighted by Gasteiger charge is 2.53. The number of ketones is 4. The number of phenols is 2. The molecule has 2 aliphatic rings. The summed E-state index contributed by atoms with van der Waals surface area (Å²) in [6.07, 6.45) is 0.562. The van der Waals surface area contributed by atoms with Gasteiger partial charge in [-0.05, 0) is 48.8 Å². The zero-order valence-corrected chi connectivity index (χ0v) is 21.1. The first-order valence-electron chi connectivity index (χ1n) is 10.2. The number of carbonyl (C=O) groups is 4. The molecule has 0 amide bonds. The van der Waals surface area contributed by atoms with Crippen LogP contribution in [0.25, 0.3) is 0 Å². The van der Waals surface area contributed by atoms with E-state index < -0.39 is 28.6 Å². The highest BCUT2D eigenvalue weighted by molar-refractivity contribution is 9.11. The number of halogens is 2. The summed E-state index contributed by atoms with van der Waals surface area (Å²) in [5, 5.41) is 20.9. The minimum absolute atomic E-state index is 0.0334. The van der Waals surface area contributed by atoms with E-state index in [2.05, 4.69) is 31.9 Å². The van der Waals surface area contributed by atoms with E-state index in [1.54, 1.807) is 0 Å². The molecule has 1 aromatic rings. The Balaban J connectivity index is 2.22. The first kappa shape index (κ1) is 24.1. The van der Waals surface area contributed by atoms with Crippen molar-refractivity contribution in [2.45, 2.75) is 59.3 Å². The van der Waals surface area contributed by atoms with Gasteiger partial charge in [-0.2, -0.15) is 0 Å². The number of aromatic hydroxyl groups is 2. The summed E-state index contributed by atoms with van der Waals surface area (Å²) in [4.78, 5) is 52.7. The molecule has 0 heterocycles. The Morgan fingerprint density at radius 2 is 1.13 bits per heavy atom. The predicted octanol–water partition coefficient (Wildman–Crippen LogP) is 4.86. The molecule has 168 valence electrons. The molecule has 0 unspecified atom stereocenters. The average Bonchev–Trinajstić information content (AvgIpc) is 2.58. The van der Waals surface area contributed by atoms with E-state index in [1.807, 2.05) is 27.7 Å². The van der Waals surface area contributed by atoms with Crippen LogP contribution in [0.4, 0.5) is 0 Å². The first-order chi connectivity index (χ1) is 14.1. The molecule has 1 aromatic carbocycles. The van der Waals surface area contributed by atoms with Crippen molar-refractivity contribution < 1.29 is 29.4 Å². The monoisotopic (exact) mass is 556 g/mol. The zero-order valence-electron chi connectivity index (χ0n) is 17.9. The molecule has 3 rings (SSSR count). The average molecular weight is 558 g/mol. The Bertz CT molecular complexity index is 906. The second-order valence-corrected chi connectivity index (χ2v) is 12.0. The largest absolute Gasteiger partial charge is 0.506 e. The second-order valence-electron chi connectivity index (χ2n) is 10.3. The van der Waals surface area contributed by atoms with Gasteiger partial charge in [0.25, 0.3) is 0 Å². The van der Waals surface area contributed by atoms with Crippen LogP contribution in [0.1, 0.15) is 64.9 Å². The van der Waals surface area contributed by atoms with Crippen LogP contribution in [-0.2, 0) is 19.2 Å². The summed E-state index contributed by atoms with van der Waals surface area (Å²) in [5.74, 6) is -5.53. The van der Waals surface area contributed by atoms with E-state index in [1.165, 1.54) is 6.07 Å². The fourth-order valence-corrected chi connectivity index (χ4v) is 6.19. The molecule has 0 atom stereocenters. The molecule has 0 aromatic heterocycles. The number of benzene rings is 1. The number of hydrogen-bond donors (Lipinski definition) is 2. The van der Waals surface area contributed by atoms with Crippen LogP contribution in [0.15, 0.2) is 15.0 Å². The Morgan fingerprint density at radius 3 is 1.48 bits per heavy atom. The Morgan fingerprint density at radius 1 is 0.774 bits per heavy atom. The van der Waals surface area contributed by atoms with Crippen LogP contribution < -0.4 is 0 Å². The van der Waals surface area contributed by atoms with Gasteiger partial charge in [-0.25, -0.2) is 0 Å². The maximum absolute atomic E-state index is 13.2. The van der Waals surface area contributed by atoms with Crippen molar-refractivity contribution in [2.24, 2.45) is 22.7 Å². The molecule has 6 nitrogen and oxygen atoms in total. The molecule has 2 fully saturated rings. The van der Waals surface area contributed by atoms with Gasteiger partial charge in [-0.3, -0.25) is 19.2 Å². The van der Waals surface area contributed by atoms with Gasteiger partial charge < -0.3 is 10.2 Å². The van der Waals surface area contributed by atoms with E-state index >= 15 is 0 Å². The lowest BCUT2D eigenvalue weighted by molar-refractivity contribution is -0.145. The molecule has 0 bridgehead atoms. The number of hydrogen-bond acceptors (Lipinski definition) is 6. The van der Waals surface area contributed by atoms with Gasteiger partial charge in [0.05, 0.1) is 16.3 Å². The summed E-state index contributed by atoms with van der Waals surface area (Å²) >= 11 is 6.34. The van der Waals surface area contributed by atoms with E-state index in [0.29, 0.717) is 0 Å². The van der Waals surface area contributed by atoms with Crippen molar-refractivity contribution in [3.63, 3.8) is 0 Å². The van der Waals surface area contributed by atoms with Crippen LogP contribution in [0.5, 0.6) is 11.5 Å². The molecule has 0 radical (unpaired) electrons. The first-order valence-corrected chi connectivity index (χ1v) is 11.7. The van der Waals surface area contributed by atoms with Gasteiger partial charge in [0.15, 0.2) is 0 Å². The van der Waals surface area contributed by atoms with Crippen molar-refractivity contribution in [1.29, 1.82) is 0 Å². The van der Waals surface area contributed by atoms with Gasteiger partial charge in [0, 0.05) is 37.2 Å². The third-order valence-corrected chi connectivity index (χ3v) is 7.63. The molecule has 0 aliphatic heterocycles. The Hall–Kier alpha value is -1.54. The van der Waals surface area contributed by atoms with Crippen LogP contribution >= 0.6 is 31.9 Å². The van der Waals surface area contributed by atoms with Gasteiger partial charge >= 0.3 is 0 Å². The number of Topliss-reactive ketones (excluding diaryl/α,β-unsaturated/α-hetero) is 4. The summed E-state index contributed by atoms with van der Waals surface area (Å²) in [7, 11) is 0. The molecule has 31 heavy (non-hydrogen) atoms. The van der Waals surface area contributed by atoms with Crippen molar-refractivity contribution in [3.05, 3.63) is 20.6 Å². The Kier molecular flexibility index (Phi) is 6.30. The van der Waals surface area contributed by atoms with E-state index in [4.69, 9.17) is 0 Å². The number of phenolic OH excluding ortho intramolecular Hbond substituents is 2. The number of carbonyl (C=O) groups excluding carboxylic acids is 4. The molecule has 2 saturated carbocycles. The summed E-state index contributed by atoms with van der Waals surface area (Å²) in [6, 6.07) is 1.39. The Labute approximate surface area is 198 Å². The van der Waals surface area contributed by atoms with Gasteiger partial charge in [0.2, 0.25) is 0 Å². The third-order valence-electron chi connectivity index (χ3n) is 6.27. The molecule has 8 heteroatoms. The van der Waals surface area contributed by atoms with Crippen LogP contribution in [-0.4, -0.2) is 33.3 Å². The van der Waals surface area contributed by atoms with Gasteiger partial charge in [0.1, 0.15) is 39.1 Å². The molecule has 2 N–H and O–H groups in total. The topological polar surface area (TPSA) is 109 Å². The lowest BCUT2D eigenvalue weighted by Gasteiger charge is -2.41.